The Morgan fingerprint density at radius 2 is 1.78 bits per heavy atom. The molecule has 1 heterocycles. The molecule has 23 heavy (non-hydrogen) atoms. The minimum absolute atomic E-state index is 0.176. The number of hydrogen-bond acceptors (Lipinski definition) is 3. The lowest BCUT2D eigenvalue weighted by molar-refractivity contribution is 0.475. The van der Waals surface area contributed by atoms with E-state index in [9.17, 15) is 10.4 Å². The summed E-state index contributed by atoms with van der Waals surface area (Å²) in [6.07, 6.45) is 0. The SMILES string of the molecule is Cc1nc(-c2cccc(O)c2)cc(-c2cccc(Cl)c2)c1C#N. The van der Waals surface area contributed by atoms with Gasteiger partial charge in [-0.25, -0.2) is 0 Å². The third kappa shape index (κ3) is 3.03. The number of nitriles is 1. The minimum atomic E-state index is 0.176. The standard InChI is InChI=1S/C19H13ClN2O/c1-12-18(11-21)17(13-4-2-6-15(20)8-13)10-19(22-12)14-5-3-7-16(23)9-14/h2-10,23H,1H3. The lowest BCUT2D eigenvalue weighted by Crippen LogP contribution is -1.96. The Kier molecular flexibility index (Phi) is 4.01. The van der Waals surface area contributed by atoms with E-state index in [0.717, 1.165) is 16.7 Å². The van der Waals surface area contributed by atoms with Crippen LogP contribution in [0.5, 0.6) is 5.75 Å². The van der Waals surface area contributed by atoms with Gasteiger partial charge in [-0.05, 0) is 42.8 Å². The van der Waals surface area contributed by atoms with Crippen LogP contribution >= 0.6 is 11.6 Å². The molecule has 0 aliphatic carbocycles. The van der Waals surface area contributed by atoms with Crippen LogP contribution in [0.25, 0.3) is 22.4 Å². The summed E-state index contributed by atoms with van der Waals surface area (Å²) in [5, 5.41) is 19.8. The molecular formula is C19H13ClN2O. The number of aromatic hydroxyl groups is 1. The molecule has 0 atom stereocenters. The van der Waals surface area contributed by atoms with Crippen LogP contribution in [-0.2, 0) is 0 Å². The number of benzene rings is 2. The van der Waals surface area contributed by atoms with Crippen molar-refractivity contribution in [3.05, 3.63) is 70.9 Å². The number of nitrogens with zero attached hydrogens (tertiary/aromatic N) is 2. The van der Waals surface area contributed by atoms with Gasteiger partial charge in [0.15, 0.2) is 0 Å². The van der Waals surface area contributed by atoms with Gasteiger partial charge in [0, 0.05) is 16.1 Å². The van der Waals surface area contributed by atoms with Crippen molar-refractivity contribution >= 4 is 11.6 Å². The lowest BCUT2D eigenvalue weighted by Gasteiger charge is -2.11. The van der Waals surface area contributed by atoms with E-state index in [0.29, 0.717) is 22.0 Å². The first-order valence-corrected chi connectivity index (χ1v) is 7.43. The van der Waals surface area contributed by atoms with Crippen molar-refractivity contribution in [2.24, 2.45) is 0 Å². The van der Waals surface area contributed by atoms with Gasteiger partial charge >= 0.3 is 0 Å². The van der Waals surface area contributed by atoms with Crippen molar-refractivity contribution < 1.29 is 5.11 Å². The van der Waals surface area contributed by atoms with Crippen molar-refractivity contribution in [2.45, 2.75) is 6.92 Å². The highest BCUT2D eigenvalue weighted by Crippen LogP contribution is 2.31. The molecule has 3 aromatic rings. The highest BCUT2D eigenvalue weighted by molar-refractivity contribution is 6.30. The van der Waals surface area contributed by atoms with Crippen LogP contribution in [0, 0.1) is 18.3 Å². The lowest BCUT2D eigenvalue weighted by atomic mass is 9.97. The normalized spacial score (nSPS) is 10.3. The van der Waals surface area contributed by atoms with Crippen LogP contribution in [0.4, 0.5) is 0 Å². The molecule has 112 valence electrons. The number of phenols is 1. The maximum Gasteiger partial charge on any atom is 0.116 e. The first kappa shape index (κ1) is 15.1. The summed E-state index contributed by atoms with van der Waals surface area (Å²) in [7, 11) is 0. The van der Waals surface area contributed by atoms with Crippen LogP contribution < -0.4 is 0 Å². The summed E-state index contributed by atoms with van der Waals surface area (Å²) >= 11 is 6.08. The summed E-state index contributed by atoms with van der Waals surface area (Å²) < 4.78 is 0. The van der Waals surface area contributed by atoms with Crippen LogP contribution in [0.1, 0.15) is 11.3 Å². The van der Waals surface area contributed by atoms with Crippen molar-refractivity contribution in [3.63, 3.8) is 0 Å². The molecule has 0 aliphatic heterocycles. The maximum atomic E-state index is 9.67. The number of phenolic OH excluding ortho intramolecular Hbond substituents is 1. The molecule has 0 saturated carbocycles. The Morgan fingerprint density at radius 1 is 1.04 bits per heavy atom. The molecule has 0 fully saturated rings. The van der Waals surface area contributed by atoms with Gasteiger partial charge in [0.2, 0.25) is 0 Å². The van der Waals surface area contributed by atoms with Crippen LogP contribution in [0.15, 0.2) is 54.6 Å². The van der Waals surface area contributed by atoms with E-state index in [-0.39, 0.29) is 5.75 Å². The highest BCUT2D eigenvalue weighted by atomic mass is 35.5. The first-order chi connectivity index (χ1) is 11.1. The fourth-order valence-corrected chi connectivity index (χ4v) is 2.70. The number of aromatic nitrogens is 1. The van der Waals surface area contributed by atoms with Gasteiger partial charge in [-0.1, -0.05) is 35.9 Å². The monoisotopic (exact) mass is 320 g/mol. The third-order valence-corrected chi connectivity index (χ3v) is 3.82. The van der Waals surface area contributed by atoms with Gasteiger partial charge in [0.1, 0.15) is 11.8 Å². The van der Waals surface area contributed by atoms with Crippen LogP contribution in [0.2, 0.25) is 5.02 Å². The zero-order valence-corrected chi connectivity index (χ0v) is 13.2. The molecule has 1 aromatic heterocycles. The quantitative estimate of drug-likeness (QED) is 0.726. The van der Waals surface area contributed by atoms with E-state index in [2.05, 4.69) is 11.1 Å². The first-order valence-electron chi connectivity index (χ1n) is 7.05. The molecule has 0 amide bonds. The minimum Gasteiger partial charge on any atom is -0.508 e. The number of halogens is 1. The number of hydrogen-bond donors (Lipinski definition) is 1. The molecule has 4 heteroatoms. The Balaban J connectivity index is 2.25. The Bertz CT molecular complexity index is 929. The summed E-state index contributed by atoms with van der Waals surface area (Å²) in [5.74, 6) is 0.176. The summed E-state index contributed by atoms with van der Waals surface area (Å²) in [4.78, 5) is 4.50. The van der Waals surface area contributed by atoms with Crippen LogP contribution in [-0.4, -0.2) is 10.1 Å². The Morgan fingerprint density at radius 3 is 2.48 bits per heavy atom. The predicted octanol–water partition coefficient (Wildman–Crippen LogP) is 4.95. The molecule has 3 rings (SSSR count). The van der Waals surface area contributed by atoms with E-state index in [4.69, 9.17) is 11.6 Å². The molecule has 1 N–H and O–H groups in total. The predicted molar refractivity (Wildman–Crippen MR) is 91.2 cm³/mol. The second-order valence-corrected chi connectivity index (χ2v) is 5.62. The molecule has 0 spiro atoms. The van der Waals surface area contributed by atoms with Crippen molar-refractivity contribution in [3.8, 4) is 34.2 Å². The molecule has 0 unspecified atom stereocenters. The van der Waals surface area contributed by atoms with Gasteiger partial charge < -0.3 is 5.11 Å². The topological polar surface area (TPSA) is 56.9 Å². The second kappa shape index (κ2) is 6.12. The fraction of sp³-hybridized carbons (Fsp3) is 0.0526. The smallest absolute Gasteiger partial charge is 0.116 e. The average Bonchev–Trinajstić information content (AvgIpc) is 2.54. The largest absolute Gasteiger partial charge is 0.508 e. The third-order valence-electron chi connectivity index (χ3n) is 3.59. The number of rotatable bonds is 2. The molecule has 3 nitrogen and oxygen atoms in total. The van der Waals surface area contributed by atoms with E-state index in [1.165, 1.54) is 0 Å². The number of aryl methyl sites for hydroxylation is 1. The molecule has 0 saturated heterocycles. The van der Waals surface area contributed by atoms with Crippen molar-refractivity contribution in [1.82, 2.24) is 4.98 Å². The molecule has 0 bridgehead atoms. The van der Waals surface area contributed by atoms with Gasteiger partial charge in [0.05, 0.1) is 17.0 Å². The van der Waals surface area contributed by atoms with E-state index < -0.39 is 0 Å². The van der Waals surface area contributed by atoms with Gasteiger partial charge in [-0.15, -0.1) is 0 Å². The maximum absolute atomic E-state index is 9.67. The summed E-state index contributed by atoms with van der Waals surface area (Å²) in [6.45, 7) is 1.80. The Labute approximate surface area is 139 Å². The summed E-state index contributed by atoms with van der Waals surface area (Å²) in [6, 6.07) is 18.3. The average molecular weight is 321 g/mol. The van der Waals surface area contributed by atoms with Crippen molar-refractivity contribution in [2.75, 3.05) is 0 Å². The fourth-order valence-electron chi connectivity index (χ4n) is 2.51. The molecular weight excluding hydrogens is 308 g/mol. The van der Waals surface area contributed by atoms with E-state index >= 15 is 0 Å². The van der Waals surface area contributed by atoms with Crippen LogP contribution in [0.3, 0.4) is 0 Å². The van der Waals surface area contributed by atoms with Gasteiger partial charge in [0.25, 0.3) is 0 Å². The highest BCUT2D eigenvalue weighted by Gasteiger charge is 2.13. The number of pyridine rings is 1. The molecule has 0 radical (unpaired) electrons. The van der Waals surface area contributed by atoms with Crippen molar-refractivity contribution in [1.29, 1.82) is 5.26 Å². The van der Waals surface area contributed by atoms with E-state index in [1.807, 2.05) is 30.3 Å². The summed E-state index contributed by atoms with van der Waals surface area (Å²) in [5.41, 5.74) is 4.30. The molecule has 2 aromatic carbocycles. The Hall–Kier alpha value is -2.83. The second-order valence-electron chi connectivity index (χ2n) is 5.19. The van der Waals surface area contributed by atoms with Gasteiger partial charge in [-0.2, -0.15) is 5.26 Å². The van der Waals surface area contributed by atoms with E-state index in [1.54, 1.807) is 31.2 Å². The zero-order chi connectivity index (χ0) is 16.4. The zero-order valence-electron chi connectivity index (χ0n) is 12.4. The molecule has 0 aliphatic rings. The van der Waals surface area contributed by atoms with Gasteiger partial charge in [-0.3, -0.25) is 4.98 Å².